The van der Waals surface area contributed by atoms with Gasteiger partial charge in [0.2, 0.25) is 0 Å². The summed E-state index contributed by atoms with van der Waals surface area (Å²) in [7, 11) is 2.03. The Labute approximate surface area is 116 Å². The van der Waals surface area contributed by atoms with E-state index in [-0.39, 0.29) is 0 Å². The van der Waals surface area contributed by atoms with Gasteiger partial charge in [-0.1, -0.05) is 26.2 Å². The van der Waals surface area contributed by atoms with E-state index in [1.165, 1.54) is 32.1 Å². The second-order valence-corrected chi connectivity index (χ2v) is 6.07. The second kappa shape index (κ2) is 7.04. The molecular formula is C15H28N4. The van der Waals surface area contributed by atoms with Crippen LogP contribution in [0.15, 0.2) is 0 Å². The van der Waals surface area contributed by atoms with Crippen LogP contribution in [0.4, 0.5) is 0 Å². The molecular weight excluding hydrogens is 236 g/mol. The van der Waals surface area contributed by atoms with Crippen LogP contribution < -0.4 is 5.73 Å². The van der Waals surface area contributed by atoms with E-state index in [2.05, 4.69) is 12.0 Å². The average Bonchev–Trinajstić information content (AvgIpc) is 2.79. The molecule has 1 saturated carbocycles. The van der Waals surface area contributed by atoms with E-state index in [9.17, 15) is 0 Å². The van der Waals surface area contributed by atoms with Gasteiger partial charge in [-0.3, -0.25) is 4.68 Å². The van der Waals surface area contributed by atoms with Gasteiger partial charge in [0.05, 0.1) is 0 Å². The van der Waals surface area contributed by atoms with E-state index in [4.69, 9.17) is 10.7 Å². The highest BCUT2D eigenvalue weighted by Gasteiger charge is 2.20. The molecule has 1 heterocycles. The van der Waals surface area contributed by atoms with E-state index >= 15 is 0 Å². The quantitative estimate of drug-likeness (QED) is 0.859. The molecule has 19 heavy (non-hydrogen) atoms. The van der Waals surface area contributed by atoms with Crippen LogP contribution in [0.3, 0.4) is 0 Å². The first-order chi connectivity index (χ1) is 9.20. The van der Waals surface area contributed by atoms with E-state index < -0.39 is 0 Å². The average molecular weight is 264 g/mol. The normalized spacial score (nSPS) is 18.7. The van der Waals surface area contributed by atoms with E-state index in [1.807, 2.05) is 11.7 Å². The van der Waals surface area contributed by atoms with E-state index in [0.717, 1.165) is 37.5 Å². The highest BCUT2D eigenvalue weighted by Crippen LogP contribution is 2.30. The van der Waals surface area contributed by atoms with E-state index in [0.29, 0.717) is 11.8 Å². The van der Waals surface area contributed by atoms with Crippen molar-refractivity contribution in [2.45, 2.75) is 64.2 Å². The Morgan fingerprint density at radius 1 is 1.26 bits per heavy atom. The number of aryl methyl sites for hydroxylation is 2. The van der Waals surface area contributed by atoms with Crippen LogP contribution in [0.1, 0.15) is 69.4 Å². The first-order valence-corrected chi connectivity index (χ1v) is 7.80. The van der Waals surface area contributed by atoms with E-state index in [1.54, 1.807) is 0 Å². The molecule has 0 aromatic carbocycles. The lowest BCUT2D eigenvalue weighted by atomic mass is 9.89. The van der Waals surface area contributed by atoms with Gasteiger partial charge in [0.15, 0.2) is 5.82 Å². The van der Waals surface area contributed by atoms with Crippen LogP contribution in [-0.4, -0.2) is 21.3 Å². The molecule has 0 spiro atoms. The minimum atomic E-state index is 0.607. The molecule has 1 aliphatic carbocycles. The van der Waals surface area contributed by atoms with Gasteiger partial charge in [0.25, 0.3) is 0 Å². The first-order valence-electron chi connectivity index (χ1n) is 7.80. The van der Waals surface area contributed by atoms with Crippen LogP contribution in [0.2, 0.25) is 0 Å². The molecule has 1 aliphatic rings. The van der Waals surface area contributed by atoms with Crippen molar-refractivity contribution in [2.75, 3.05) is 6.54 Å². The molecule has 4 nitrogen and oxygen atoms in total. The van der Waals surface area contributed by atoms with Gasteiger partial charge in [-0.05, 0) is 38.1 Å². The molecule has 0 bridgehead atoms. The lowest BCUT2D eigenvalue weighted by Gasteiger charge is -2.18. The summed E-state index contributed by atoms with van der Waals surface area (Å²) in [6.07, 6.45) is 9.89. The fourth-order valence-corrected chi connectivity index (χ4v) is 2.99. The van der Waals surface area contributed by atoms with Gasteiger partial charge in [0.1, 0.15) is 5.82 Å². The van der Waals surface area contributed by atoms with Crippen LogP contribution >= 0.6 is 0 Å². The van der Waals surface area contributed by atoms with Crippen molar-refractivity contribution < 1.29 is 0 Å². The minimum Gasteiger partial charge on any atom is -0.330 e. The van der Waals surface area contributed by atoms with Gasteiger partial charge >= 0.3 is 0 Å². The van der Waals surface area contributed by atoms with Crippen LogP contribution in [0, 0.1) is 5.92 Å². The molecule has 0 radical (unpaired) electrons. The summed E-state index contributed by atoms with van der Waals surface area (Å²) in [6.45, 7) is 3.05. The molecule has 2 N–H and O–H groups in total. The smallest absolute Gasteiger partial charge is 0.154 e. The zero-order valence-electron chi connectivity index (χ0n) is 12.4. The molecule has 1 atom stereocenters. The third-order valence-corrected chi connectivity index (χ3v) is 4.36. The number of hydrogen-bond acceptors (Lipinski definition) is 3. The molecule has 0 amide bonds. The largest absolute Gasteiger partial charge is 0.330 e. The molecule has 2 rings (SSSR count). The Hall–Kier alpha value is -0.900. The van der Waals surface area contributed by atoms with Crippen molar-refractivity contribution in [2.24, 2.45) is 18.7 Å². The van der Waals surface area contributed by atoms with Crippen molar-refractivity contribution >= 4 is 0 Å². The van der Waals surface area contributed by atoms with Crippen molar-refractivity contribution in [3.05, 3.63) is 11.6 Å². The maximum Gasteiger partial charge on any atom is 0.154 e. The lowest BCUT2D eigenvalue weighted by Crippen LogP contribution is -2.08. The SMILES string of the molecule is CC(CCN)CCc1nc(C2CCCCC2)nn1C. The maximum atomic E-state index is 5.60. The standard InChI is InChI=1S/C15H28N4/c1-12(10-11-16)8-9-14-17-15(18-19(14)2)13-6-4-3-5-7-13/h12-13H,3-11,16H2,1-2H3. The van der Waals surface area contributed by atoms with Gasteiger partial charge < -0.3 is 5.73 Å². The third kappa shape index (κ3) is 4.03. The molecule has 1 aromatic rings. The molecule has 1 aromatic heterocycles. The molecule has 4 heteroatoms. The predicted molar refractivity (Wildman–Crippen MR) is 78.0 cm³/mol. The summed E-state index contributed by atoms with van der Waals surface area (Å²) in [4.78, 5) is 4.79. The Morgan fingerprint density at radius 3 is 2.68 bits per heavy atom. The van der Waals surface area contributed by atoms with Crippen molar-refractivity contribution in [1.29, 1.82) is 0 Å². The lowest BCUT2D eigenvalue weighted by molar-refractivity contribution is 0.427. The summed E-state index contributed by atoms with van der Waals surface area (Å²) >= 11 is 0. The van der Waals surface area contributed by atoms with Crippen LogP contribution in [0.25, 0.3) is 0 Å². The highest BCUT2D eigenvalue weighted by atomic mass is 15.3. The summed E-state index contributed by atoms with van der Waals surface area (Å²) in [5.74, 6) is 3.52. The fourth-order valence-electron chi connectivity index (χ4n) is 2.99. The molecule has 108 valence electrons. The number of nitrogens with two attached hydrogens (primary N) is 1. The summed E-state index contributed by atoms with van der Waals surface area (Å²) < 4.78 is 1.99. The Kier molecular flexibility index (Phi) is 5.37. The summed E-state index contributed by atoms with van der Waals surface area (Å²) in [5, 5.41) is 4.64. The summed E-state index contributed by atoms with van der Waals surface area (Å²) in [5.41, 5.74) is 5.60. The van der Waals surface area contributed by atoms with Gasteiger partial charge in [-0.25, -0.2) is 4.98 Å². The van der Waals surface area contributed by atoms with Crippen molar-refractivity contribution in [3.63, 3.8) is 0 Å². The van der Waals surface area contributed by atoms with Gasteiger partial charge in [-0.2, -0.15) is 5.10 Å². The zero-order valence-corrected chi connectivity index (χ0v) is 12.4. The fraction of sp³-hybridized carbons (Fsp3) is 0.867. The van der Waals surface area contributed by atoms with Gasteiger partial charge in [-0.15, -0.1) is 0 Å². The Bertz CT molecular complexity index is 379. The maximum absolute atomic E-state index is 5.60. The highest BCUT2D eigenvalue weighted by molar-refractivity contribution is 5.00. The van der Waals surface area contributed by atoms with Gasteiger partial charge in [0, 0.05) is 19.4 Å². The topological polar surface area (TPSA) is 56.7 Å². The Balaban J connectivity index is 1.92. The number of aromatic nitrogens is 3. The predicted octanol–water partition coefficient (Wildman–Crippen LogP) is 2.78. The summed E-state index contributed by atoms with van der Waals surface area (Å²) in [6, 6.07) is 0. The first kappa shape index (κ1) is 14.5. The number of hydrogen-bond donors (Lipinski definition) is 1. The molecule has 0 aliphatic heterocycles. The number of nitrogens with zero attached hydrogens (tertiary/aromatic N) is 3. The van der Waals surface area contributed by atoms with Crippen LogP contribution in [0.5, 0.6) is 0 Å². The molecule has 0 saturated heterocycles. The molecule has 1 unspecified atom stereocenters. The zero-order chi connectivity index (χ0) is 13.7. The minimum absolute atomic E-state index is 0.607. The number of rotatable bonds is 6. The Morgan fingerprint density at radius 2 is 2.00 bits per heavy atom. The monoisotopic (exact) mass is 264 g/mol. The van der Waals surface area contributed by atoms with Crippen molar-refractivity contribution in [3.8, 4) is 0 Å². The van der Waals surface area contributed by atoms with Crippen molar-refractivity contribution in [1.82, 2.24) is 14.8 Å². The van der Waals surface area contributed by atoms with Crippen LogP contribution in [-0.2, 0) is 13.5 Å². The second-order valence-electron chi connectivity index (χ2n) is 6.07. The third-order valence-electron chi connectivity index (χ3n) is 4.36. The molecule has 1 fully saturated rings.